The maximum Gasteiger partial charge on any atom is 0.105 e. The van der Waals surface area contributed by atoms with Crippen LogP contribution in [0.2, 0.25) is 0 Å². The molecule has 0 atom stereocenters. The number of rotatable bonds is 3. The van der Waals surface area contributed by atoms with Crippen LogP contribution in [0.25, 0.3) is 12.2 Å². The number of aliphatic hydroxyl groups is 1. The van der Waals surface area contributed by atoms with E-state index in [0.29, 0.717) is 11.4 Å². The van der Waals surface area contributed by atoms with E-state index in [1.807, 2.05) is 91.0 Å². The number of nitrogen functional groups attached to an aromatic ring is 2. The van der Waals surface area contributed by atoms with Gasteiger partial charge in [-0.2, -0.15) is 0 Å². The van der Waals surface area contributed by atoms with Gasteiger partial charge in [-0.3, -0.25) is 0 Å². The summed E-state index contributed by atoms with van der Waals surface area (Å²) < 4.78 is 0. The average Bonchev–Trinajstić information content (AvgIpc) is 2.70. The van der Waals surface area contributed by atoms with Crippen LogP contribution in [-0.4, -0.2) is 18.3 Å². The lowest BCUT2D eigenvalue weighted by atomic mass is 10.1. The molecular formula is C22H27Cl2N2O2. The highest BCUT2D eigenvalue weighted by Crippen LogP contribution is 2.18. The molecule has 0 aliphatic heterocycles. The first kappa shape index (κ1) is 27.7. The number of aliphatic hydroxyl groups excluding tert-OH is 1. The Morgan fingerprint density at radius 1 is 0.750 bits per heavy atom. The quantitative estimate of drug-likeness (QED) is 0.411. The maximum atomic E-state index is 9.05. The van der Waals surface area contributed by atoms with E-state index in [1.54, 1.807) is 6.07 Å². The van der Waals surface area contributed by atoms with Crippen molar-refractivity contribution in [3.05, 3.63) is 96.1 Å². The minimum absolute atomic E-state index is 0. The molecule has 3 aromatic rings. The molecule has 0 saturated carbocycles. The first-order valence-electron chi connectivity index (χ1n) is 8.24. The van der Waals surface area contributed by atoms with Crippen LogP contribution in [0.4, 0.5) is 11.4 Å². The molecule has 1 radical (unpaired) electrons. The summed E-state index contributed by atoms with van der Waals surface area (Å²) in [5.74, 6) is 0. The second-order valence-electron chi connectivity index (χ2n) is 5.21. The zero-order chi connectivity index (χ0) is 19.0. The SMILES string of the molecule is Cl.Cl.Nc1ccc(C=Cc2ccccc2)c(N)c1.[O]CCO.c1ccccc1. The second-order valence-corrected chi connectivity index (χ2v) is 5.21. The van der Waals surface area contributed by atoms with Crippen molar-refractivity contribution in [3.63, 3.8) is 0 Å². The molecule has 0 unspecified atom stereocenters. The van der Waals surface area contributed by atoms with Gasteiger partial charge in [-0.15, -0.1) is 24.8 Å². The number of hydrogen-bond donors (Lipinski definition) is 3. The Labute approximate surface area is 179 Å². The van der Waals surface area contributed by atoms with E-state index >= 15 is 0 Å². The Morgan fingerprint density at radius 2 is 1.21 bits per heavy atom. The largest absolute Gasteiger partial charge is 0.399 e. The summed E-state index contributed by atoms with van der Waals surface area (Å²) in [7, 11) is 0. The molecule has 4 nitrogen and oxygen atoms in total. The van der Waals surface area contributed by atoms with E-state index in [2.05, 4.69) is 0 Å². The molecule has 0 heterocycles. The van der Waals surface area contributed by atoms with Gasteiger partial charge in [0.1, 0.15) is 6.61 Å². The summed E-state index contributed by atoms with van der Waals surface area (Å²) >= 11 is 0. The van der Waals surface area contributed by atoms with Gasteiger partial charge >= 0.3 is 0 Å². The summed E-state index contributed by atoms with van der Waals surface area (Å²) in [5, 5.41) is 16.6. The molecule has 0 aromatic heterocycles. The molecule has 3 aromatic carbocycles. The zero-order valence-electron chi connectivity index (χ0n) is 15.5. The fourth-order valence-corrected chi connectivity index (χ4v) is 1.88. The minimum Gasteiger partial charge on any atom is -0.399 e. The van der Waals surface area contributed by atoms with Crippen LogP contribution in [0.15, 0.2) is 84.9 Å². The van der Waals surface area contributed by atoms with Crippen LogP contribution in [0, 0.1) is 0 Å². The van der Waals surface area contributed by atoms with Gasteiger partial charge in [0.15, 0.2) is 0 Å². The summed E-state index contributed by atoms with van der Waals surface area (Å²) in [6.07, 6.45) is 4.02. The Kier molecular flexibility index (Phi) is 17.7. The van der Waals surface area contributed by atoms with Gasteiger partial charge in [0.05, 0.1) is 6.61 Å². The fraction of sp³-hybridized carbons (Fsp3) is 0.0909. The van der Waals surface area contributed by atoms with Gasteiger partial charge in [0.2, 0.25) is 0 Å². The van der Waals surface area contributed by atoms with E-state index in [9.17, 15) is 0 Å². The van der Waals surface area contributed by atoms with E-state index in [4.69, 9.17) is 21.7 Å². The van der Waals surface area contributed by atoms with Crippen LogP contribution in [0.1, 0.15) is 11.1 Å². The highest BCUT2D eigenvalue weighted by atomic mass is 35.5. The van der Waals surface area contributed by atoms with Crippen molar-refractivity contribution in [2.75, 3.05) is 24.7 Å². The molecule has 0 spiro atoms. The fourth-order valence-electron chi connectivity index (χ4n) is 1.88. The third-order valence-electron chi connectivity index (χ3n) is 3.12. The van der Waals surface area contributed by atoms with Crippen molar-refractivity contribution >= 4 is 48.3 Å². The van der Waals surface area contributed by atoms with Gasteiger partial charge < -0.3 is 16.6 Å². The van der Waals surface area contributed by atoms with Crippen molar-refractivity contribution in [2.24, 2.45) is 0 Å². The van der Waals surface area contributed by atoms with E-state index in [0.717, 1.165) is 11.1 Å². The number of anilines is 2. The van der Waals surface area contributed by atoms with Gasteiger partial charge in [0.25, 0.3) is 0 Å². The molecule has 3 rings (SSSR count). The second kappa shape index (κ2) is 17.9. The smallest absolute Gasteiger partial charge is 0.105 e. The Morgan fingerprint density at radius 3 is 1.64 bits per heavy atom. The minimum atomic E-state index is -0.375. The number of hydrogen-bond acceptors (Lipinski definition) is 3. The number of benzene rings is 3. The highest BCUT2D eigenvalue weighted by Gasteiger charge is 1.94. The monoisotopic (exact) mass is 421 g/mol. The van der Waals surface area contributed by atoms with Crippen LogP contribution >= 0.6 is 24.8 Å². The average molecular weight is 422 g/mol. The summed E-state index contributed by atoms with van der Waals surface area (Å²) in [5.41, 5.74) is 15.0. The summed E-state index contributed by atoms with van der Waals surface area (Å²) in [4.78, 5) is 0. The van der Waals surface area contributed by atoms with Crippen LogP contribution in [0.3, 0.4) is 0 Å². The summed E-state index contributed by atoms with van der Waals surface area (Å²) in [6, 6.07) is 27.6. The predicted octanol–water partition coefficient (Wildman–Crippen LogP) is 4.96. The van der Waals surface area contributed by atoms with E-state index in [1.165, 1.54) is 0 Å². The van der Waals surface area contributed by atoms with Gasteiger partial charge in [-0.25, -0.2) is 5.11 Å². The molecule has 151 valence electrons. The van der Waals surface area contributed by atoms with Gasteiger partial charge in [-0.1, -0.05) is 84.9 Å². The third-order valence-corrected chi connectivity index (χ3v) is 3.12. The van der Waals surface area contributed by atoms with Crippen LogP contribution < -0.4 is 11.5 Å². The number of halogens is 2. The normalized spacial score (nSPS) is 8.93. The van der Waals surface area contributed by atoms with Gasteiger partial charge in [0, 0.05) is 11.4 Å². The molecular weight excluding hydrogens is 395 g/mol. The highest BCUT2D eigenvalue weighted by molar-refractivity contribution is 5.85. The topological polar surface area (TPSA) is 92.2 Å². The molecule has 0 aliphatic carbocycles. The van der Waals surface area contributed by atoms with Gasteiger partial charge in [-0.05, 0) is 23.3 Å². The van der Waals surface area contributed by atoms with E-state index in [-0.39, 0.29) is 38.0 Å². The van der Waals surface area contributed by atoms with Crippen LogP contribution in [-0.2, 0) is 5.11 Å². The Bertz CT molecular complexity index is 726. The van der Waals surface area contributed by atoms with Crippen molar-refractivity contribution in [1.29, 1.82) is 0 Å². The molecule has 0 saturated heterocycles. The molecule has 6 heteroatoms. The van der Waals surface area contributed by atoms with Crippen molar-refractivity contribution in [3.8, 4) is 0 Å². The lowest BCUT2D eigenvalue weighted by Gasteiger charge is -2.01. The standard InChI is InChI=1S/C14H14N2.C6H6.C2H5O2.2ClH/c15-13-9-8-12(14(16)10-13)7-6-11-4-2-1-3-5-11;1-2-4-6-5-3-1;3-1-2-4;;/h1-10H,15-16H2;1-6H;3H,1-2H2;2*1H. The third kappa shape index (κ3) is 12.8. The maximum absolute atomic E-state index is 9.05. The van der Waals surface area contributed by atoms with Crippen molar-refractivity contribution in [2.45, 2.75) is 0 Å². The molecule has 0 fully saturated rings. The lowest BCUT2D eigenvalue weighted by Crippen LogP contribution is -1.92. The molecule has 0 bridgehead atoms. The molecule has 0 aliphatic rings. The first-order chi connectivity index (χ1) is 12.7. The lowest BCUT2D eigenvalue weighted by molar-refractivity contribution is 0.127. The zero-order valence-corrected chi connectivity index (χ0v) is 17.1. The van der Waals surface area contributed by atoms with Crippen molar-refractivity contribution in [1.82, 2.24) is 0 Å². The first-order valence-corrected chi connectivity index (χ1v) is 8.24. The van der Waals surface area contributed by atoms with Crippen LogP contribution in [0.5, 0.6) is 0 Å². The number of nitrogens with two attached hydrogens (primary N) is 2. The molecule has 5 N–H and O–H groups in total. The summed E-state index contributed by atoms with van der Waals surface area (Å²) in [6.45, 7) is -0.611. The molecule has 28 heavy (non-hydrogen) atoms. The van der Waals surface area contributed by atoms with Crippen molar-refractivity contribution < 1.29 is 10.2 Å². The Balaban J connectivity index is 0. The Hall–Kier alpha value is -2.50. The van der Waals surface area contributed by atoms with E-state index < -0.39 is 0 Å². The molecule has 0 amide bonds. The predicted molar refractivity (Wildman–Crippen MR) is 124 cm³/mol.